The van der Waals surface area contributed by atoms with Crippen LogP contribution < -0.4 is 5.32 Å². The Bertz CT molecular complexity index is 474. The summed E-state index contributed by atoms with van der Waals surface area (Å²) in [4.78, 5) is 7.64. The highest BCUT2D eigenvalue weighted by Crippen LogP contribution is 2.16. The van der Waals surface area contributed by atoms with Gasteiger partial charge in [0.25, 0.3) is 0 Å². The van der Waals surface area contributed by atoms with Crippen molar-refractivity contribution in [2.24, 2.45) is 0 Å². The van der Waals surface area contributed by atoms with Crippen molar-refractivity contribution in [1.29, 1.82) is 0 Å². The van der Waals surface area contributed by atoms with Crippen molar-refractivity contribution in [2.45, 2.75) is 6.54 Å². The van der Waals surface area contributed by atoms with Gasteiger partial charge in [-0.1, -0.05) is 6.07 Å². The number of halogens is 2. The number of aromatic nitrogens is 2. The summed E-state index contributed by atoms with van der Waals surface area (Å²) in [7, 11) is 0. The van der Waals surface area contributed by atoms with Crippen molar-refractivity contribution in [1.82, 2.24) is 9.97 Å². The molecule has 0 bridgehead atoms. The minimum atomic E-state index is -0.876. The molecule has 1 N–H and O–H groups in total. The zero-order valence-corrected chi connectivity index (χ0v) is 8.32. The van der Waals surface area contributed by atoms with Crippen LogP contribution in [0, 0.1) is 11.6 Å². The van der Waals surface area contributed by atoms with Crippen LogP contribution in [0.2, 0.25) is 0 Å². The van der Waals surface area contributed by atoms with Gasteiger partial charge in [0.2, 0.25) is 0 Å². The van der Waals surface area contributed by atoms with Crippen molar-refractivity contribution >= 4 is 5.69 Å². The Labute approximate surface area is 91.2 Å². The summed E-state index contributed by atoms with van der Waals surface area (Å²) in [6, 6.07) is 4.00. The SMILES string of the molecule is Fc1cccc(NCc2cncnc2)c1F. The van der Waals surface area contributed by atoms with E-state index >= 15 is 0 Å². The third-order valence-electron chi connectivity index (χ3n) is 2.05. The molecule has 1 aromatic heterocycles. The molecule has 0 aliphatic heterocycles. The van der Waals surface area contributed by atoms with Crippen LogP contribution >= 0.6 is 0 Å². The maximum atomic E-state index is 13.2. The van der Waals surface area contributed by atoms with Crippen LogP contribution in [-0.2, 0) is 6.54 Å². The van der Waals surface area contributed by atoms with Crippen LogP contribution in [0.25, 0.3) is 0 Å². The fourth-order valence-corrected chi connectivity index (χ4v) is 1.26. The third-order valence-corrected chi connectivity index (χ3v) is 2.05. The summed E-state index contributed by atoms with van der Waals surface area (Å²) >= 11 is 0. The van der Waals surface area contributed by atoms with Crippen LogP contribution in [0.4, 0.5) is 14.5 Å². The Morgan fingerprint density at radius 1 is 1.12 bits per heavy atom. The Balaban J connectivity index is 2.08. The first-order valence-corrected chi connectivity index (χ1v) is 4.69. The van der Waals surface area contributed by atoms with Gasteiger partial charge < -0.3 is 5.32 Å². The Hall–Kier alpha value is -2.04. The molecule has 82 valence electrons. The lowest BCUT2D eigenvalue weighted by Gasteiger charge is -2.07. The first-order chi connectivity index (χ1) is 7.77. The van der Waals surface area contributed by atoms with Crippen molar-refractivity contribution in [3.63, 3.8) is 0 Å². The van der Waals surface area contributed by atoms with Gasteiger partial charge in [0, 0.05) is 24.5 Å². The van der Waals surface area contributed by atoms with E-state index in [0.29, 0.717) is 6.54 Å². The second kappa shape index (κ2) is 4.65. The molecule has 2 aromatic rings. The lowest BCUT2D eigenvalue weighted by atomic mass is 10.2. The highest BCUT2D eigenvalue weighted by Gasteiger charge is 2.06. The molecule has 0 unspecified atom stereocenters. The fourth-order valence-electron chi connectivity index (χ4n) is 1.26. The smallest absolute Gasteiger partial charge is 0.181 e. The minimum absolute atomic E-state index is 0.129. The van der Waals surface area contributed by atoms with Gasteiger partial charge in [0.15, 0.2) is 11.6 Å². The number of rotatable bonds is 3. The third kappa shape index (κ3) is 2.31. The molecule has 0 saturated carbocycles. The van der Waals surface area contributed by atoms with E-state index < -0.39 is 11.6 Å². The number of benzene rings is 1. The van der Waals surface area contributed by atoms with Crippen molar-refractivity contribution in [3.8, 4) is 0 Å². The first-order valence-electron chi connectivity index (χ1n) is 4.69. The maximum absolute atomic E-state index is 13.2. The summed E-state index contributed by atoms with van der Waals surface area (Å²) in [6.45, 7) is 0.348. The van der Waals surface area contributed by atoms with Gasteiger partial charge in [0.1, 0.15) is 6.33 Å². The van der Waals surface area contributed by atoms with Crippen molar-refractivity contribution < 1.29 is 8.78 Å². The molecule has 5 heteroatoms. The second-order valence-electron chi connectivity index (χ2n) is 3.20. The predicted octanol–water partition coefficient (Wildman–Crippen LogP) is 2.37. The maximum Gasteiger partial charge on any atom is 0.181 e. The van der Waals surface area contributed by atoms with E-state index in [0.717, 1.165) is 11.6 Å². The van der Waals surface area contributed by atoms with E-state index in [1.54, 1.807) is 12.4 Å². The van der Waals surface area contributed by atoms with Gasteiger partial charge >= 0.3 is 0 Å². The zero-order valence-electron chi connectivity index (χ0n) is 8.32. The van der Waals surface area contributed by atoms with Gasteiger partial charge in [-0.05, 0) is 12.1 Å². The van der Waals surface area contributed by atoms with Gasteiger partial charge in [-0.25, -0.2) is 18.7 Å². The quantitative estimate of drug-likeness (QED) is 0.864. The molecule has 3 nitrogen and oxygen atoms in total. The molecular formula is C11H9F2N3. The molecule has 0 amide bonds. The number of nitrogens with zero attached hydrogens (tertiary/aromatic N) is 2. The predicted molar refractivity (Wildman–Crippen MR) is 55.7 cm³/mol. The van der Waals surface area contributed by atoms with Crippen LogP contribution in [0.15, 0.2) is 36.9 Å². The summed E-state index contributed by atoms with van der Waals surface area (Å²) in [5, 5.41) is 2.78. The van der Waals surface area contributed by atoms with Crippen LogP contribution in [0.1, 0.15) is 5.56 Å². The van der Waals surface area contributed by atoms with Gasteiger partial charge in [-0.2, -0.15) is 0 Å². The Morgan fingerprint density at radius 3 is 2.62 bits per heavy atom. The van der Waals surface area contributed by atoms with Crippen molar-refractivity contribution in [2.75, 3.05) is 5.32 Å². The second-order valence-corrected chi connectivity index (χ2v) is 3.20. The first kappa shape index (κ1) is 10.5. The van der Waals surface area contributed by atoms with E-state index in [-0.39, 0.29) is 5.69 Å². The lowest BCUT2D eigenvalue weighted by Crippen LogP contribution is -2.03. The average Bonchev–Trinajstić information content (AvgIpc) is 2.32. The summed E-state index contributed by atoms with van der Waals surface area (Å²) in [6.07, 6.45) is 4.63. The van der Waals surface area contributed by atoms with E-state index in [1.165, 1.54) is 18.5 Å². The van der Waals surface area contributed by atoms with Gasteiger partial charge in [0.05, 0.1) is 5.69 Å². The van der Waals surface area contributed by atoms with Crippen LogP contribution in [0.3, 0.4) is 0 Å². The monoisotopic (exact) mass is 221 g/mol. The molecule has 0 saturated heterocycles. The molecular weight excluding hydrogens is 212 g/mol. The number of anilines is 1. The summed E-state index contributed by atoms with van der Waals surface area (Å²) in [5.41, 5.74) is 0.926. The zero-order chi connectivity index (χ0) is 11.4. The number of hydrogen-bond acceptors (Lipinski definition) is 3. The standard InChI is InChI=1S/C11H9F2N3/c12-9-2-1-3-10(11(9)13)16-6-8-4-14-7-15-5-8/h1-5,7,16H,6H2. The van der Waals surface area contributed by atoms with E-state index in [1.807, 2.05) is 0 Å². The summed E-state index contributed by atoms with van der Waals surface area (Å²) in [5.74, 6) is -1.74. The van der Waals surface area contributed by atoms with E-state index in [9.17, 15) is 8.78 Å². The molecule has 1 heterocycles. The molecule has 1 aromatic carbocycles. The molecule has 0 radical (unpaired) electrons. The van der Waals surface area contributed by atoms with E-state index in [4.69, 9.17) is 0 Å². The molecule has 0 atom stereocenters. The molecule has 2 rings (SSSR count). The highest BCUT2D eigenvalue weighted by molar-refractivity contribution is 5.45. The van der Waals surface area contributed by atoms with Gasteiger partial charge in [-0.3, -0.25) is 0 Å². The molecule has 0 fully saturated rings. The fraction of sp³-hybridized carbons (Fsp3) is 0.0909. The molecule has 16 heavy (non-hydrogen) atoms. The highest BCUT2D eigenvalue weighted by atomic mass is 19.2. The topological polar surface area (TPSA) is 37.8 Å². The number of nitrogens with one attached hydrogen (secondary N) is 1. The summed E-state index contributed by atoms with van der Waals surface area (Å²) < 4.78 is 26.1. The molecule has 0 aliphatic rings. The normalized spacial score (nSPS) is 10.1. The largest absolute Gasteiger partial charge is 0.378 e. The Morgan fingerprint density at radius 2 is 1.88 bits per heavy atom. The van der Waals surface area contributed by atoms with Gasteiger partial charge in [-0.15, -0.1) is 0 Å². The van der Waals surface area contributed by atoms with Crippen LogP contribution in [-0.4, -0.2) is 9.97 Å². The molecule has 0 spiro atoms. The Kier molecular flexibility index (Phi) is 3.05. The molecule has 0 aliphatic carbocycles. The van der Waals surface area contributed by atoms with Crippen molar-refractivity contribution in [3.05, 3.63) is 54.1 Å². The minimum Gasteiger partial charge on any atom is -0.378 e. The average molecular weight is 221 g/mol. The van der Waals surface area contributed by atoms with E-state index in [2.05, 4.69) is 15.3 Å². The number of hydrogen-bond donors (Lipinski definition) is 1. The van der Waals surface area contributed by atoms with Crippen LogP contribution in [0.5, 0.6) is 0 Å². The lowest BCUT2D eigenvalue weighted by molar-refractivity contribution is 0.511.